The molecular formula is C16H16ClN3O. The number of nitrogens with zero attached hydrogens (tertiary/aromatic N) is 1. The van der Waals surface area contributed by atoms with Crippen LogP contribution in [0.5, 0.6) is 0 Å². The molecule has 0 radical (unpaired) electrons. The van der Waals surface area contributed by atoms with Gasteiger partial charge in [0.25, 0.3) is 5.91 Å². The number of nitrogens with one attached hydrogen (secondary N) is 2. The van der Waals surface area contributed by atoms with Crippen LogP contribution >= 0.6 is 11.6 Å². The van der Waals surface area contributed by atoms with Gasteiger partial charge in [0.15, 0.2) is 0 Å². The summed E-state index contributed by atoms with van der Waals surface area (Å²) in [5, 5.41) is 6.88. The van der Waals surface area contributed by atoms with Crippen molar-refractivity contribution in [3.63, 3.8) is 0 Å². The van der Waals surface area contributed by atoms with Crippen molar-refractivity contribution >= 4 is 23.3 Å². The lowest BCUT2D eigenvalue weighted by molar-refractivity contribution is 0.0951. The average molecular weight is 302 g/mol. The standard InChI is InChI=1S/C16H16ClN3O/c17-12-5-3-11(4-6-12)10-19-16(21)14-2-1-9-18-15(14)20-13-7-8-13/h1-6,9,13H,7-8,10H2,(H,18,20)(H,19,21). The van der Waals surface area contributed by atoms with E-state index in [0.717, 1.165) is 18.4 Å². The normalized spacial score (nSPS) is 13.8. The molecule has 1 fully saturated rings. The molecule has 0 aliphatic heterocycles. The summed E-state index contributed by atoms with van der Waals surface area (Å²) in [5.41, 5.74) is 1.59. The molecule has 1 saturated carbocycles. The highest BCUT2D eigenvalue weighted by Crippen LogP contribution is 2.25. The Kier molecular flexibility index (Phi) is 4.06. The fourth-order valence-electron chi connectivity index (χ4n) is 2.00. The molecule has 21 heavy (non-hydrogen) atoms. The molecule has 1 amide bonds. The Balaban J connectivity index is 1.65. The van der Waals surface area contributed by atoms with Gasteiger partial charge in [-0.25, -0.2) is 4.98 Å². The molecule has 1 aliphatic rings. The molecule has 0 spiro atoms. The zero-order valence-corrected chi connectivity index (χ0v) is 12.2. The van der Waals surface area contributed by atoms with E-state index in [-0.39, 0.29) is 5.91 Å². The first-order valence-corrected chi connectivity index (χ1v) is 7.34. The first-order chi connectivity index (χ1) is 10.2. The van der Waals surface area contributed by atoms with E-state index in [9.17, 15) is 4.79 Å². The second-order valence-corrected chi connectivity index (χ2v) is 5.56. The van der Waals surface area contributed by atoms with E-state index in [1.807, 2.05) is 24.3 Å². The van der Waals surface area contributed by atoms with Gasteiger partial charge in [-0.2, -0.15) is 0 Å². The summed E-state index contributed by atoms with van der Waals surface area (Å²) in [6.45, 7) is 0.466. The van der Waals surface area contributed by atoms with Crippen molar-refractivity contribution in [1.82, 2.24) is 10.3 Å². The van der Waals surface area contributed by atoms with E-state index >= 15 is 0 Å². The Morgan fingerprint density at radius 1 is 1.24 bits per heavy atom. The average Bonchev–Trinajstić information content (AvgIpc) is 3.31. The molecule has 1 heterocycles. The summed E-state index contributed by atoms with van der Waals surface area (Å²) in [6, 6.07) is 11.4. The van der Waals surface area contributed by atoms with Crippen molar-refractivity contribution in [3.05, 3.63) is 58.7 Å². The molecule has 2 N–H and O–H groups in total. The van der Waals surface area contributed by atoms with Crippen molar-refractivity contribution < 1.29 is 4.79 Å². The van der Waals surface area contributed by atoms with Crippen LogP contribution in [0.15, 0.2) is 42.6 Å². The van der Waals surface area contributed by atoms with Gasteiger partial charge in [0, 0.05) is 23.8 Å². The minimum atomic E-state index is -0.124. The number of rotatable bonds is 5. The molecule has 0 bridgehead atoms. The van der Waals surface area contributed by atoms with Gasteiger partial charge in [-0.1, -0.05) is 23.7 Å². The second kappa shape index (κ2) is 6.14. The number of pyridine rings is 1. The van der Waals surface area contributed by atoms with Crippen LogP contribution in [0, 0.1) is 0 Å². The van der Waals surface area contributed by atoms with Gasteiger partial charge in [-0.15, -0.1) is 0 Å². The number of anilines is 1. The molecule has 1 aliphatic carbocycles. The number of hydrogen-bond acceptors (Lipinski definition) is 3. The van der Waals surface area contributed by atoms with Crippen molar-refractivity contribution in [2.24, 2.45) is 0 Å². The van der Waals surface area contributed by atoms with E-state index in [2.05, 4.69) is 15.6 Å². The predicted octanol–water partition coefficient (Wildman–Crippen LogP) is 3.24. The van der Waals surface area contributed by atoms with E-state index < -0.39 is 0 Å². The minimum Gasteiger partial charge on any atom is -0.367 e. The Labute approximate surface area is 128 Å². The number of hydrogen-bond donors (Lipinski definition) is 2. The number of aromatic nitrogens is 1. The maximum Gasteiger partial charge on any atom is 0.255 e. The summed E-state index contributed by atoms with van der Waals surface area (Å²) >= 11 is 5.84. The second-order valence-electron chi connectivity index (χ2n) is 5.13. The molecule has 0 saturated heterocycles. The Hall–Kier alpha value is -2.07. The quantitative estimate of drug-likeness (QED) is 0.891. The van der Waals surface area contributed by atoms with Crippen LogP contribution in [-0.2, 0) is 6.54 Å². The molecule has 3 rings (SSSR count). The summed E-state index contributed by atoms with van der Waals surface area (Å²) in [6.07, 6.45) is 3.98. The summed E-state index contributed by atoms with van der Waals surface area (Å²) in [4.78, 5) is 16.5. The molecule has 1 aromatic carbocycles. The highest BCUT2D eigenvalue weighted by Gasteiger charge is 2.23. The Bertz CT molecular complexity index is 638. The van der Waals surface area contributed by atoms with Gasteiger partial charge in [-0.3, -0.25) is 4.79 Å². The third kappa shape index (κ3) is 3.73. The molecule has 0 atom stereocenters. The lowest BCUT2D eigenvalue weighted by Gasteiger charge is -2.10. The maximum absolute atomic E-state index is 12.3. The largest absolute Gasteiger partial charge is 0.367 e. The monoisotopic (exact) mass is 301 g/mol. The summed E-state index contributed by atoms with van der Waals surface area (Å²) in [7, 11) is 0. The van der Waals surface area contributed by atoms with Gasteiger partial charge < -0.3 is 10.6 Å². The Morgan fingerprint density at radius 3 is 2.71 bits per heavy atom. The smallest absolute Gasteiger partial charge is 0.255 e. The van der Waals surface area contributed by atoms with Crippen molar-refractivity contribution in [2.75, 3.05) is 5.32 Å². The van der Waals surface area contributed by atoms with Crippen LogP contribution in [0.2, 0.25) is 5.02 Å². The lowest BCUT2D eigenvalue weighted by Crippen LogP contribution is -2.24. The molecule has 0 unspecified atom stereocenters. The van der Waals surface area contributed by atoms with Gasteiger partial charge in [0.2, 0.25) is 0 Å². The zero-order chi connectivity index (χ0) is 14.7. The van der Waals surface area contributed by atoms with E-state index in [1.54, 1.807) is 18.3 Å². The number of benzene rings is 1. The van der Waals surface area contributed by atoms with Crippen LogP contribution in [-0.4, -0.2) is 16.9 Å². The molecular weight excluding hydrogens is 286 g/mol. The van der Waals surface area contributed by atoms with Gasteiger partial charge in [0.1, 0.15) is 5.82 Å². The number of amides is 1. The molecule has 5 heteroatoms. The first kappa shape index (κ1) is 13.9. The lowest BCUT2D eigenvalue weighted by atomic mass is 10.2. The van der Waals surface area contributed by atoms with Crippen molar-refractivity contribution in [3.8, 4) is 0 Å². The topological polar surface area (TPSA) is 54.0 Å². The minimum absolute atomic E-state index is 0.124. The summed E-state index contributed by atoms with van der Waals surface area (Å²) in [5.74, 6) is 0.537. The highest BCUT2D eigenvalue weighted by atomic mass is 35.5. The molecule has 4 nitrogen and oxygen atoms in total. The Morgan fingerprint density at radius 2 is 2.00 bits per heavy atom. The van der Waals surface area contributed by atoms with E-state index in [1.165, 1.54) is 0 Å². The predicted molar refractivity (Wildman–Crippen MR) is 83.5 cm³/mol. The molecule has 108 valence electrons. The SMILES string of the molecule is O=C(NCc1ccc(Cl)cc1)c1cccnc1NC1CC1. The van der Waals surface area contributed by atoms with Crippen LogP contribution in [0.1, 0.15) is 28.8 Å². The van der Waals surface area contributed by atoms with Crippen LogP contribution in [0.3, 0.4) is 0 Å². The number of halogens is 1. The van der Waals surface area contributed by atoms with Crippen molar-refractivity contribution in [1.29, 1.82) is 0 Å². The van der Waals surface area contributed by atoms with Crippen LogP contribution < -0.4 is 10.6 Å². The third-order valence-electron chi connectivity index (χ3n) is 3.34. The molecule has 1 aromatic heterocycles. The van der Waals surface area contributed by atoms with Gasteiger partial charge in [0.05, 0.1) is 5.56 Å². The van der Waals surface area contributed by atoms with E-state index in [0.29, 0.717) is 29.0 Å². The fourth-order valence-corrected chi connectivity index (χ4v) is 2.13. The van der Waals surface area contributed by atoms with Crippen molar-refractivity contribution in [2.45, 2.75) is 25.4 Å². The third-order valence-corrected chi connectivity index (χ3v) is 3.59. The van der Waals surface area contributed by atoms with Gasteiger partial charge >= 0.3 is 0 Å². The first-order valence-electron chi connectivity index (χ1n) is 6.96. The summed E-state index contributed by atoms with van der Waals surface area (Å²) < 4.78 is 0. The van der Waals surface area contributed by atoms with E-state index in [4.69, 9.17) is 11.6 Å². The fraction of sp³-hybridized carbons (Fsp3) is 0.250. The van der Waals surface area contributed by atoms with Gasteiger partial charge in [-0.05, 0) is 42.7 Å². The van der Waals surface area contributed by atoms with Crippen LogP contribution in [0.25, 0.3) is 0 Å². The zero-order valence-electron chi connectivity index (χ0n) is 11.5. The molecule has 2 aromatic rings. The highest BCUT2D eigenvalue weighted by molar-refractivity contribution is 6.30. The van der Waals surface area contributed by atoms with Crippen LogP contribution in [0.4, 0.5) is 5.82 Å². The number of carbonyl (C=O) groups is 1. The number of carbonyl (C=O) groups excluding carboxylic acids is 1. The maximum atomic E-state index is 12.3.